The second-order valence-corrected chi connectivity index (χ2v) is 10.2. The molecule has 6 atom stereocenters. The molecule has 4 heteroatoms. The number of ether oxygens (including phenoxy) is 2. The Balaban J connectivity index is 1.17. The van der Waals surface area contributed by atoms with Crippen molar-refractivity contribution in [3.63, 3.8) is 0 Å². The van der Waals surface area contributed by atoms with Crippen molar-refractivity contribution < 1.29 is 19.1 Å². The third kappa shape index (κ3) is 3.95. The number of esters is 2. The second kappa shape index (κ2) is 7.77. The number of carbonyl (C=O) groups is 2. The zero-order valence-electron chi connectivity index (χ0n) is 17.4. The highest BCUT2D eigenvalue weighted by Gasteiger charge is 2.41. The van der Waals surface area contributed by atoms with Gasteiger partial charge in [0.1, 0.15) is 0 Å². The van der Waals surface area contributed by atoms with E-state index in [0.717, 1.165) is 29.2 Å². The van der Waals surface area contributed by atoms with Crippen LogP contribution < -0.4 is 0 Å². The lowest BCUT2D eigenvalue weighted by Gasteiger charge is -2.21. The number of benzene rings is 1. The molecule has 156 valence electrons. The van der Waals surface area contributed by atoms with Gasteiger partial charge in [0.25, 0.3) is 0 Å². The van der Waals surface area contributed by atoms with E-state index in [1.165, 1.54) is 51.4 Å². The Bertz CT molecular complexity index is 738. The van der Waals surface area contributed by atoms with Gasteiger partial charge in [-0.15, -0.1) is 0 Å². The molecule has 4 nitrogen and oxygen atoms in total. The van der Waals surface area contributed by atoms with Crippen LogP contribution in [-0.4, -0.2) is 25.2 Å². The number of hydrogen-bond acceptors (Lipinski definition) is 4. The average Bonchev–Trinajstić information content (AvgIpc) is 3.51. The standard InChI is InChI=1S/C25H32O4/c1-15-6-20(24(26)28-13-22-10-16-2-4-18(22)8-16)12-21(7-15)25(27)29-14-23-11-17-3-5-19(23)9-17/h6-7,12,16-19,22-23H,2-5,8-11,13-14H2,1H3. The fourth-order valence-corrected chi connectivity index (χ4v) is 6.71. The summed E-state index contributed by atoms with van der Waals surface area (Å²) in [5.74, 6) is 3.57. The molecule has 0 amide bonds. The van der Waals surface area contributed by atoms with Crippen LogP contribution in [0.5, 0.6) is 0 Å². The Morgan fingerprint density at radius 3 is 1.62 bits per heavy atom. The predicted octanol–water partition coefficient (Wildman–Crippen LogP) is 5.18. The summed E-state index contributed by atoms with van der Waals surface area (Å²) in [4.78, 5) is 25.2. The highest BCUT2D eigenvalue weighted by molar-refractivity contribution is 5.95. The minimum absolute atomic E-state index is 0.321. The third-order valence-corrected chi connectivity index (χ3v) is 8.17. The molecule has 1 aromatic carbocycles. The van der Waals surface area contributed by atoms with Gasteiger partial charge in [0.05, 0.1) is 24.3 Å². The Hall–Kier alpha value is -1.84. The molecular formula is C25H32O4. The molecule has 0 N–H and O–H groups in total. The first kappa shape index (κ1) is 19.1. The van der Waals surface area contributed by atoms with Gasteiger partial charge < -0.3 is 9.47 Å². The number of aryl methyl sites for hydroxylation is 1. The Morgan fingerprint density at radius 1 is 0.759 bits per heavy atom. The van der Waals surface area contributed by atoms with Crippen molar-refractivity contribution in [2.75, 3.05) is 13.2 Å². The third-order valence-electron chi connectivity index (χ3n) is 8.17. The minimum atomic E-state index is -0.321. The highest BCUT2D eigenvalue weighted by atomic mass is 16.5. The van der Waals surface area contributed by atoms with Gasteiger partial charge in [-0.2, -0.15) is 0 Å². The summed E-state index contributed by atoms with van der Waals surface area (Å²) in [7, 11) is 0. The van der Waals surface area contributed by atoms with Crippen LogP contribution in [0.25, 0.3) is 0 Å². The van der Waals surface area contributed by atoms with Crippen LogP contribution >= 0.6 is 0 Å². The number of hydrogen-bond donors (Lipinski definition) is 0. The maximum Gasteiger partial charge on any atom is 0.338 e. The van der Waals surface area contributed by atoms with E-state index in [4.69, 9.17) is 9.47 Å². The Kier molecular flexibility index (Phi) is 5.13. The molecule has 5 rings (SSSR count). The van der Waals surface area contributed by atoms with Crippen molar-refractivity contribution in [1.29, 1.82) is 0 Å². The lowest BCUT2D eigenvalue weighted by Crippen LogP contribution is -2.20. The molecule has 0 radical (unpaired) electrons. The summed E-state index contributed by atoms with van der Waals surface area (Å²) in [6, 6.07) is 5.24. The van der Waals surface area contributed by atoms with Crippen molar-refractivity contribution in [3.05, 3.63) is 34.9 Å². The summed E-state index contributed by atoms with van der Waals surface area (Å²) in [6.07, 6.45) is 10.3. The fourth-order valence-electron chi connectivity index (χ4n) is 6.71. The first-order valence-corrected chi connectivity index (χ1v) is 11.5. The molecule has 0 saturated heterocycles. The minimum Gasteiger partial charge on any atom is -0.462 e. The Labute approximate surface area is 173 Å². The van der Waals surface area contributed by atoms with Crippen molar-refractivity contribution in [1.82, 2.24) is 0 Å². The molecule has 0 heterocycles. The van der Waals surface area contributed by atoms with Gasteiger partial charge in [-0.25, -0.2) is 9.59 Å². The quantitative estimate of drug-likeness (QED) is 0.622. The molecule has 29 heavy (non-hydrogen) atoms. The van der Waals surface area contributed by atoms with Gasteiger partial charge in [-0.3, -0.25) is 0 Å². The van der Waals surface area contributed by atoms with Gasteiger partial charge in [0, 0.05) is 0 Å². The van der Waals surface area contributed by atoms with E-state index < -0.39 is 0 Å². The van der Waals surface area contributed by atoms with Crippen LogP contribution in [0.4, 0.5) is 0 Å². The maximum atomic E-state index is 12.6. The average molecular weight is 397 g/mol. The van der Waals surface area contributed by atoms with Crippen LogP contribution in [0.15, 0.2) is 18.2 Å². The summed E-state index contributed by atoms with van der Waals surface area (Å²) < 4.78 is 11.3. The fraction of sp³-hybridized carbons (Fsp3) is 0.680. The van der Waals surface area contributed by atoms with Crippen LogP contribution in [0, 0.1) is 42.4 Å². The molecule has 0 spiro atoms. The molecule has 4 fully saturated rings. The molecule has 4 saturated carbocycles. The van der Waals surface area contributed by atoms with E-state index in [0.29, 0.717) is 36.2 Å². The maximum absolute atomic E-state index is 12.6. The Morgan fingerprint density at radius 2 is 1.24 bits per heavy atom. The molecule has 0 aromatic heterocycles. The van der Waals surface area contributed by atoms with E-state index in [1.54, 1.807) is 18.2 Å². The second-order valence-electron chi connectivity index (χ2n) is 10.2. The van der Waals surface area contributed by atoms with Crippen LogP contribution in [0.2, 0.25) is 0 Å². The monoisotopic (exact) mass is 396 g/mol. The van der Waals surface area contributed by atoms with Gasteiger partial charge >= 0.3 is 11.9 Å². The number of fused-ring (bicyclic) bond motifs is 4. The highest BCUT2D eigenvalue weighted by Crippen LogP contribution is 2.49. The van der Waals surface area contributed by atoms with Crippen LogP contribution in [0.1, 0.15) is 77.6 Å². The van der Waals surface area contributed by atoms with E-state index in [-0.39, 0.29) is 11.9 Å². The van der Waals surface area contributed by atoms with E-state index >= 15 is 0 Å². The molecule has 4 bridgehead atoms. The van der Waals surface area contributed by atoms with Gasteiger partial charge in [0.15, 0.2) is 0 Å². The lowest BCUT2D eigenvalue weighted by molar-refractivity contribution is 0.0391. The normalized spacial score (nSPS) is 34.5. The van der Waals surface area contributed by atoms with Crippen LogP contribution in [0.3, 0.4) is 0 Å². The van der Waals surface area contributed by atoms with Gasteiger partial charge in [0.2, 0.25) is 0 Å². The van der Waals surface area contributed by atoms with E-state index in [9.17, 15) is 9.59 Å². The predicted molar refractivity (Wildman–Crippen MR) is 110 cm³/mol. The molecule has 4 aliphatic carbocycles. The number of rotatable bonds is 6. The van der Waals surface area contributed by atoms with Crippen molar-refractivity contribution in [3.8, 4) is 0 Å². The molecule has 4 aliphatic rings. The van der Waals surface area contributed by atoms with Crippen molar-refractivity contribution >= 4 is 11.9 Å². The smallest absolute Gasteiger partial charge is 0.338 e. The van der Waals surface area contributed by atoms with E-state index in [2.05, 4.69) is 0 Å². The summed E-state index contributed by atoms with van der Waals surface area (Å²) in [6.45, 7) is 2.93. The first-order chi connectivity index (χ1) is 14.0. The molecule has 0 aliphatic heterocycles. The zero-order chi connectivity index (χ0) is 20.0. The topological polar surface area (TPSA) is 52.6 Å². The van der Waals surface area contributed by atoms with Gasteiger partial charge in [-0.1, -0.05) is 12.8 Å². The first-order valence-electron chi connectivity index (χ1n) is 11.5. The summed E-state index contributed by atoms with van der Waals surface area (Å²) >= 11 is 0. The molecule has 1 aromatic rings. The lowest BCUT2D eigenvalue weighted by atomic mass is 9.89. The molecular weight excluding hydrogens is 364 g/mol. The van der Waals surface area contributed by atoms with E-state index in [1.807, 2.05) is 6.92 Å². The van der Waals surface area contributed by atoms with Crippen molar-refractivity contribution in [2.45, 2.75) is 58.3 Å². The molecule has 6 unspecified atom stereocenters. The van der Waals surface area contributed by atoms with Crippen molar-refractivity contribution in [2.24, 2.45) is 35.5 Å². The summed E-state index contributed by atoms with van der Waals surface area (Å²) in [5.41, 5.74) is 1.80. The van der Waals surface area contributed by atoms with Crippen LogP contribution in [-0.2, 0) is 9.47 Å². The van der Waals surface area contributed by atoms with Gasteiger partial charge in [-0.05, 0) is 105 Å². The summed E-state index contributed by atoms with van der Waals surface area (Å²) in [5, 5.41) is 0. The largest absolute Gasteiger partial charge is 0.462 e. The number of carbonyl (C=O) groups excluding carboxylic acids is 2. The zero-order valence-corrected chi connectivity index (χ0v) is 17.4. The SMILES string of the molecule is Cc1cc(C(=O)OCC2CC3CCC2C3)cc(C(=O)OCC2CC3CCC2C3)c1.